The molecular weight excluding hydrogens is 477 g/mol. The number of hydrogen-bond donors (Lipinski definition) is 2. The lowest BCUT2D eigenvalue weighted by Crippen LogP contribution is -2.43. The van der Waals surface area contributed by atoms with E-state index in [9.17, 15) is 19.2 Å². The van der Waals surface area contributed by atoms with Crippen molar-refractivity contribution in [2.45, 2.75) is 45.3 Å². The number of aromatic nitrogens is 2. The Morgan fingerprint density at radius 3 is 2.41 bits per heavy atom. The number of anilines is 1. The van der Waals surface area contributed by atoms with Crippen LogP contribution in [0.4, 0.5) is 5.82 Å². The van der Waals surface area contributed by atoms with Gasteiger partial charge >= 0.3 is 23.6 Å². The number of carbonyl (C=O) groups is 3. The highest BCUT2D eigenvalue weighted by atomic mass is 127. The van der Waals surface area contributed by atoms with Gasteiger partial charge in [0.25, 0.3) is 0 Å². The number of halogens is 1. The van der Waals surface area contributed by atoms with E-state index in [4.69, 9.17) is 18.9 Å². The molecule has 1 saturated heterocycles. The van der Waals surface area contributed by atoms with Gasteiger partial charge in [-0.2, -0.15) is 4.98 Å². The molecule has 1 fully saturated rings. The maximum absolute atomic E-state index is 11.5. The second-order valence-corrected chi connectivity index (χ2v) is 6.75. The van der Waals surface area contributed by atoms with Gasteiger partial charge < -0.3 is 29.2 Å². The molecule has 0 bridgehead atoms. The van der Waals surface area contributed by atoms with Gasteiger partial charge in [-0.15, -0.1) is 0 Å². The number of nitrogens with one attached hydrogen (secondary N) is 2. The molecule has 0 saturated carbocycles. The zero-order valence-electron chi connectivity index (χ0n) is 14.7. The van der Waals surface area contributed by atoms with Crippen LogP contribution in [0.15, 0.2) is 11.0 Å². The van der Waals surface area contributed by atoms with Gasteiger partial charge in [0.15, 0.2) is 18.4 Å². The second-order valence-electron chi connectivity index (χ2n) is 5.59. The number of esters is 3. The topological polar surface area (TPSA) is 146 Å². The summed E-state index contributed by atoms with van der Waals surface area (Å²) in [6.45, 7) is 3.38. The van der Waals surface area contributed by atoms with E-state index in [2.05, 4.69) is 15.3 Å². The molecule has 0 aromatic carbocycles. The zero-order valence-corrected chi connectivity index (χ0v) is 16.8. The van der Waals surface area contributed by atoms with Crippen LogP contribution < -0.4 is 11.0 Å². The van der Waals surface area contributed by atoms with Crippen LogP contribution in [-0.2, 0) is 33.3 Å². The Labute approximate surface area is 167 Å². The van der Waals surface area contributed by atoms with Crippen molar-refractivity contribution in [3.63, 3.8) is 0 Å². The van der Waals surface area contributed by atoms with E-state index in [1.54, 1.807) is 0 Å². The zero-order chi connectivity index (χ0) is 20.1. The molecule has 27 heavy (non-hydrogen) atoms. The normalized spacial score (nSPS) is 24.1. The summed E-state index contributed by atoms with van der Waals surface area (Å²) in [6, 6.07) is 0. The molecule has 1 aliphatic heterocycles. The molecule has 0 spiro atoms. The van der Waals surface area contributed by atoms with Gasteiger partial charge in [0, 0.05) is 27.0 Å². The van der Waals surface area contributed by atoms with Crippen molar-refractivity contribution in [1.29, 1.82) is 0 Å². The highest BCUT2D eigenvalue weighted by molar-refractivity contribution is 14.1. The average Bonchev–Trinajstić information content (AvgIpc) is 2.85. The minimum absolute atomic E-state index is 0.191. The van der Waals surface area contributed by atoms with Crippen molar-refractivity contribution >= 4 is 46.3 Å². The summed E-state index contributed by atoms with van der Waals surface area (Å²) in [5, 5.41) is 2.86. The quantitative estimate of drug-likeness (QED) is 0.313. The van der Waals surface area contributed by atoms with Crippen molar-refractivity contribution in [3.05, 3.63) is 20.3 Å². The third kappa shape index (κ3) is 5.89. The van der Waals surface area contributed by atoms with Gasteiger partial charge in [-0.25, -0.2) is 4.79 Å². The fourth-order valence-electron chi connectivity index (χ4n) is 2.45. The molecule has 1 aromatic heterocycles. The van der Waals surface area contributed by atoms with E-state index in [1.165, 1.54) is 27.0 Å². The van der Waals surface area contributed by atoms with Crippen LogP contribution in [0.1, 0.15) is 20.8 Å². The van der Waals surface area contributed by atoms with Crippen molar-refractivity contribution in [2.24, 2.45) is 0 Å². The van der Waals surface area contributed by atoms with Gasteiger partial charge in [-0.3, -0.25) is 14.4 Å². The number of hydrogen-bond acceptors (Lipinski definition) is 10. The first-order chi connectivity index (χ1) is 12.7. The Balaban J connectivity index is 2.30. The molecule has 4 atom stereocenters. The minimum Gasteiger partial charge on any atom is -0.463 e. The molecular formula is C15H18IN3O8. The van der Waals surface area contributed by atoms with Crippen molar-refractivity contribution in [2.75, 3.05) is 11.9 Å². The Kier molecular flexibility index (Phi) is 7.12. The number of ether oxygens (including phenoxy) is 4. The van der Waals surface area contributed by atoms with Crippen LogP contribution in [0.3, 0.4) is 0 Å². The van der Waals surface area contributed by atoms with Crippen LogP contribution in [0, 0.1) is 3.57 Å². The molecule has 148 valence electrons. The summed E-state index contributed by atoms with van der Waals surface area (Å²) >= 11 is 1.94. The van der Waals surface area contributed by atoms with E-state index < -0.39 is 48.1 Å². The predicted molar refractivity (Wildman–Crippen MR) is 97.6 cm³/mol. The maximum Gasteiger partial charge on any atom is 0.346 e. The monoisotopic (exact) mass is 495 g/mol. The largest absolute Gasteiger partial charge is 0.463 e. The molecule has 2 rings (SSSR count). The first-order valence-electron chi connectivity index (χ1n) is 7.82. The molecule has 0 radical (unpaired) electrons. The van der Waals surface area contributed by atoms with Crippen molar-refractivity contribution in [3.8, 4) is 0 Å². The first-order valence-corrected chi connectivity index (χ1v) is 8.90. The minimum atomic E-state index is -1.05. The Hall–Kier alpha value is -2.22. The smallest absolute Gasteiger partial charge is 0.346 e. The predicted octanol–water partition coefficient (Wildman–Crippen LogP) is -0.0622. The van der Waals surface area contributed by atoms with Crippen LogP contribution in [0.5, 0.6) is 0 Å². The van der Waals surface area contributed by atoms with Gasteiger partial charge in [0.1, 0.15) is 18.5 Å². The summed E-state index contributed by atoms with van der Waals surface area (Å²) in [4.78, 5) is 51.8. The second kappa shape index (κ2) is 9.12. The molecule has 1 aliphatic rings. The summed E-state index contributed by atoms with van der Waals surface area (Å²) in [5.41, 5.74) is -0.590. The summed E-state index contributed by atoms with van der Waals surface area (Å²) < 4.78 is 21.7. The molecule has 0 aliphatic carbocycles. The van der Waals surface area contributed by atoms with Gasteiger partial charge in [0.05, 0.1) is 3.57 Å². The number of H-pyrrole nitrogens is 1. The number of aromatic amines is 1. The van der Waals surface area contributed by atoms with Gasteiger partial charge in [-0.1, -0.05) is 0 Å². The van der Waals surface area contributed by atoms with E-state index in [0.29, 0.717) is 3.57 Å². The Morgan fingerprint density at radius 1 is 1.19 bits per heavy atom. The maximum atomic E-state index is 11.5. The summed E-state index contributed by atoms with van der Waals surface area (Å²) in [6.07, 6.45) is -2.53. The molecule has 1 aromatic rings. The van der Waals surface area contributed by atoms with E-state index in [1.807, 2.05) is 22.6 Å². The fourth-order valence-corrected chi connectivity index (χ4v) is 2.88. The van der Waals surface area contributed by atoms with E-state index in [0.717, 1.165) is 0 Å². The SMILES string of the molecule is CC(=O)OC[C@H]1O[C@@H](Nc2nc(=O)[nH]cc2I)[C@H](OC(C)=O)[C@H]1OC(C)=O. The lowest BCUT2D eigenvalue weighted by atomic mass is 10.1. The molecule has 2 N–H and O–H groups in total. The fraction of sp³-hybridized carbons (Fsp3) is 0.533. The standard InChI is InChI=1S/C15H18IN3O8/c1-6(20)24-5-10-11(25-7(2)21)12(26-8(3)22)14(27-10)18-13-9(16)4-17-15(23)19-13/h4,10-12,14H,5H2,1-3H3,(H2,17,18,19,23)/t10-,11+,12-,14-/m1/s1. The molecule has 11 nitrogen and oxygen atoms in total. The number of rotatable bonds is 6. The van der Waals surface area contributed by atoms with Gasteiger partial charge in [-0.05, 0) is 22.6 Å². The lowest BCUT2D eigenvalue weighted by molar-refractivity contribution is -0.165. The van der Waals surface area contributed by atoms with E-state index in [-0.39, 0.29) is 12.4 Å². The number of carbonyl (C=O) groups excluding carboxylic acids is 3. The Morgan fingerprint density at radius 2 is 1.81 bits per heavy atom. The molecule has 2 heterocycles. The third-order valence-electron chi connectivity index (χ3n) is 3.41. The average molecular weight is 495 g/mol. The number of nitrogens with zero attached hydrogens (tertiary/aromatic N) is 1. The van der Waals surface area contributed by atoms with E-state index >= 15 is 0 Å². The first kappa shape index (κ1) is 21.1. The highest BCUT2D eigenvalue weighted by Crippen LogP contribution is 2.29. The summed E-state index contributed by atoms with van der Waals surface area (Å²) in [5.74, 6) is -1.62. The van der Waals surface area contributed by atoms with Crippen LogP contribution in [-0.4, -0.2) is 59.0 Å². The third-order valence-corrected chi connectivity index (χ3v) is 4.23. The van der Waals surface area contributed by atoms with Crippen molar-refractivity contribution in [1.82, 2.24) is 9.97 Å². The van der Waals surface area contributed by atoms with Crippen LogP contribution in [0.2, 0.25) is 0 Å². The summed E-state index contributed by atoms with van der Waals surface area (Å²) in [7, 11) is 0. The molecule has 0 unspecified atom stereocenters. The molecule has 0 amide bonds. The van der Waals surface area contributed by atoms with Crippen molar-refractivity contribution < 1.29 is 33.3 Å². The molecule has 12 heteroatoms. The highest BCUT2D eigenvalue weighted by Gasteiger charge is 2.50. The lowest BCUT2D eigenvalue weighted by Gasteiger charge is -2.23. The van der Waals surface area contributed by atoms with Gasteiger partial charge in [0.2, 0.25) is 0 Å². The van der Waals surface area contributed by atoms with Crippen LogP contribution >= 0.6 is 22.6 Å². The van der Waals surface area contributed by atoms with Crippen LogP contribution in [0.25, 0.3) is 0 Å². The Bertz CT molecular complexity index is 783.